The van der Waals surface area contributed by atoms with Crippen molar-refractivity contribution in [3.8, 4) is 0 Å². The molecule has 0 aromatic heterocycles. The SMILES string of the molecule is CCCCCCCCCCCCOC(OCCOC(OCCCCCCCCCCCC)C(C)O)C(C)O. The Labute approximate surface area is 236 Å². The van der Waals surface area contributed by atoms with Crippen LogP contribution in [0.1, 0.15) is 156 Å². The van der Waals surface area contributed by atoms with E-state index in [9.17, 15) is 10.2 Å². The van der Waals surface area contributed by atoms with E-state index in [1.54, 1.807) is 13.8 Å². The van der Waals surface area contributed by atoms with Gasteiger partial charge in [-0.3, -0.25) is 0 Å². The van der Waals surface area contributed by atoms with Crippen LogP contribution < -0.4 is 0 Å². The van der Waals surface area contributed by atoms with Gasteiger partial charge in [0.15, 0.2) is 12.6 Å². The van der Waals surface area contributed by atoms with Gasteiger partial charge >= 0.3 is 0 Å². The number of unbranched alkanes of at least 4 members (excludes halogenated alkanes) is 18. The van der Waals surface area contributed by atoms with E-state index in [1.165, 1.54) is 103 Å². The molecule has 0 fully saturated rings. The molecule has 0 saturated heterocycles. The van der Waals surface area contributed by atoms with Crippen LogP contribution in [0, 0.1) is 0 Å². The molecule has 0 amide bonds. The highest BCUT2D eigenvalue weighted by atomic mass is 16.7. The molecule has 0 spiro atoms. The minimum atomic E-state index is -0.710. The third-order valence-electron chi connectivity index (χ3n) is 7.00. The van der Waals surface area contributed by atoms with Crippen molar-refractivity contribution in [1.82, 2.24) is 0 Å². The molecule has 0 aliphatic heterocycles. The average molecular weight is 547 g/mol. The second kappa shape index (κ2) is 29.7. The van der Waals surface area contributed by atoms with E-state index in [-0.39, 0.29) is 13.2 Å². The first-order valence-electron chi connectivity index (χ1n) is 16.3. The largest absolute Gasteiger partial charge is 0.388 e. The summed E-state index contributed by atoms with van der Waals surface area (Å²) in [6.07, 6.45) is 22.8. The van der Waals surface area contributed by atoms with Crippen molar-refractivity contribution in [3.05, 3.63) is 0 Å². The van der Waals surface area contributed by atoms with Crippen molar-refractivity contribution in [2.45, 2.75) is 181 Å². The van der Waals surface area contributed by atoms with Crippen molar-refractivity contribution in [2.24, 2.45) is 0 Å². The summed E-state index contributed by atoms with van der Waals surface area (Å²) >= 11 is 0. The van der Waals surface area contributed by atoms with Gasteiger partial charge in [-0.15, -0.1) is 0 Å². The minimum absolute atomic E-state index is 0.276. The second-order valence-corrected chi connectivity index (χ2v) is 11.1. The Morgan fingerprint density at radius 1 is 0.368 bits per heavy atom. The Bertz CT molecular complexity index is 406. The smallest absolute Gasteiger partial charge is 0.183 e. The number of rotatable bonds is 31. The van der Waals surface area contributed by atoms with Crippen molar-refractivity contribution in [2.75, 3.05) is 26.4 Å². The van der Waals surface area contributed by atoms with Gasteiger partial charge in [0.1, 0.15) is 12.2 Å². The van der Waals surface area contributed by atoms with Crippen LogP contribution in [-0.2, 0) is 18.9 Å². The Balaban J connectivity index is 3.77. The molecule has 38 heavy (non-hydrogen) atoms. The van der Waals surface area contributed by atoms with Gasteiger partial charge in [-0.1, -0.05) is 129 Å². The van der Waals surface area contributed by atoms with Crippen LogP contribution in [0.3, 0.4) is 0 Å². The quantitative estimate of drug-likeness (QED) is 0.0672. The first-order valence-corrected chi connectivity index (χ1v) is 16.3. The van der Waals surface area contributed by atoms with Crippen molar-refractivity contribution in [3.63, 3.8) is 0 Å². The molecule has 6 heteroatoms. The predicted octanol–water partition coefficient (Wildman–Crippen LogP) is 8.31. The molecule has 0 saturated carbocycles. The Morgan fingerprint density at radius 2 is 0.605 bits per heavy atom. The molecule has 0 aromatic carbocycles. The topological polar surface area (TPSA) is 77.4 Å². The standard InChI is InChI=1S/C32H66O6/c1-5-7-9-11-13-15-17-19-21-23-25-35-31(29(3)33)37-27-28-38-32(30(4)34)36-26-24-22-20-18-16-14-12-10-8-6-2/h29-34H,5-28H2,1-4H3. The van der Waals surface area contributed by atoms with Gasteiger partial charge in [0.25, 0.3) is 0 Å². The zero-order chi connectivity index (χ0) is 28.1. The lowest BCUT2D eigenvalue weighted by molar-refractivity contribution is -0.222. The summed E-state index contributed by atoms with van der Waals surface area (Å²) in [5, 5.41) is 20.0. The number of ether oxygens (including phenoxy) is 4. The first kappa shape index (κ1) is 37.8. The summed E-state index contributed by atoms with van der Waals surface area (Å²) in [6, 6.07) is 0. The maximum Gasteiger partial charge on any atom is 0.183 e. The molecule has 0 aromatic rings. The molecule has 0 bridgehead atoms. The summed E-state index contributed by atoms with van der Waals surface area (Å²) in [5.74, 6) is 0. The van der Waals surface area contributed by atoms with E-state index in [2.05, 4.69) is 13.8 Å². The van der Waals surface area contributed by atoms with Crippen LogP contribution in [0.15, 0.2) is 0 Å². The van der Waals surface area contributed by atoms with Crippen molar-refractivity contribution in [1.29, 1.82) is 0 Å². The zero-order valence-electron chi connectivity index (χ0n) is 25.8. The van der Waals surface area contributed by atoms with Gasteiger partial charge in [-0.05, 0) is 26.7 Å². The summed E-state index contributed by atoms with van der Waals surface area (Å²) in [5.41, 5.74) is 0. The fourth-order valence-corrected chi connectivity index (χ4v) is 4.56. The van der Waals surface area contributed by atoms with E-state index in [0.29, 0.717) is 13.2 Å². The number of aliphatic hydroxyl groups excluding tert-OH is 2. The first-order chi connectivity index (χ1) is 18.5. The molecule has 230 valence electrons. The van der Waals surface area contributed by atoms with Gasteiger partial charge in [-0.25, -0.2) is 0 Å². The molecular formula is C32H66O6. The predicted molar refractivity (Wildman–Crippen MR) is 158 cm³/mol. The third-order valence-corrected chi connectivity index (χ3v) is 7.00. The highest BCUT2D eigenvalue weighted by molar-refractivity contribution is 4.57. The molecule has 0 rings (SSSR count). The lowest BCUT2D eigenvalue weighted by Gasteiger charge is -2.23. The number of hydrogen-bond acceptors (Lipinski definition) is 6. The van der Waals surface area contributed by atoms with E-state index in [4.69, 9.17) is 18.9 Å². The summed E-state index contributed by atoms with van der Waals surface area (Å²) in [7, 11) is 0. The Morgan fingerprint density at radius 3 is 0.868 bits per heavy atom. The van der Waals surface area contributed by atoms with Gasteiger partial charge in [0.05, 0.1) is 13.2 Å². The molecule has 0 aliphatic carbocycles. The van der Waals surface area contributed by atoms with Crippen LogP contribution >= 0.6 is 0 Å². The second-order valence-electron chi connectivity index (χ2n) is 11.1. The number of hydrogen-bond donors (Lipinski definition) is 2. The summed E-state index contributed by atoms with van der Waals surface area (Å²) in [4.78, 5) is 0. The third kappa shape index (κ3) is 26.0. The van der Waals surface area contributed by atoms with E-state index >= 15 is 0 Å². The highest BCUT2D eigenvalue weighted by Crippen LogP contribution is 2.13. The molecular weight excluding hydrogens is 480 g/mol. The van der Waals surface area contributed by atoms with Crippen LogP contribution in [0.4, 0.5) is 0 Å². The monoisotopic (exact) mass is 546 g/mol. The van der Waals surface area contributed by atoms with Gasteiger partial charge in [0.2, 0.25) is 0 Å². The lowest BCUT2D eigenvalue weighted by Crippen LogP contribution is -2.34. The molecule has 2 N–H and O–H groups in total. The maximum absolute atomic E-state index is 9.98. The fraction of sp³-hybridized carbons (Fsp3) is 1.00. The fourth-order valence-electron chi connectivity index (χ4n) is 4.56. The van der Waals surface area contributed by atoms with Crippen molar-refractivity contribution < 1.29 is 29.2 Å². The Kier molecular flexibility index (Phi) is 29.5. The van der Waals surface area contributed by atoms with E-state index in [0.717, 1.165) is 25.7 Å². The number of aliphatic hydroxyl groups is 2. The molecule has 0 heterocycles. The van der Waals surface area contributed by atoms with Crippen LogP contribution in [-0.4, -0.2) is 61.4 Å². The average Bonchev–Trinajstić information content (AvgIpc) is 2.89. The van der Waals surface area contributed by atoms with Gasteiger partial charge in [0, 0.05) is 13.2 Å². The zero-order valence-corrected chi connectivity index (χ0v) is 25.8. The normalized spacial score (nSPS) is 15.0. The molecule has 0 radical (unpaired) electrons. The molecule has 4 unspecified atom stereocenters. The van der Waals surface area contributed by atoms with Gasteiger partial charge < -0.3 is 29.2 Å². The van der Waals surface area contributed by atoms with Crippen LogP contribution in [0.25, 0.3) is 0 Å². The van der Waals surface area contributed by atoms with Crippen LogP contribution in [0.2, 0.25) is 0 Å². The summed E-state index contributed by atoms with van der Waals surface area (Å²) < 4.78 is 22.9. The van der Waals surface area contributed by atoms with Crippen LogP contribution in [0.5, 0.6) is 0 Å². The minimum Gasteiger partial charge on any atom is -0.388 e. The van der Waals surface area contributed by atoms with Crippen molar-refractivity contribution >= 4 is 0 Å². The Hall–Kier alpha value is -0.240. The van der Waals surface area contributed by atoms with E-state index < -0.39 is 24.8 Å². The van der Waals surface area contributed by atoms with Gasteiger partial charge in [-0.2, -0.15) is 0 Å². The van der Waals surface area contributed by atoms with E-state index in [1.807, 2.05) is 0 Å². The molecule has 0 aliphatic rings. The summed E-state index contributed by atoms with van der Waals surface area (Å²) in [6.45, 7) is 9.60. The highest BCUT2D eigenvalue weighted by Gasteiger charge is 2.18. The molecule has 4 atom stereocenters. The maximum atomic E-state index is 9.98. The molecule has 6 nitrogen and oxygen atoms in total. The lowest BCUT2D eigenvalue weighted by atomic mass is 10.1.